The Morgan fingerprint density at radius 1 is 1.89 bits per heavy atom. The number of carbonyl (C=O) groups is 1. The molecule has 0 rings (SSSR count). The van der Waals surface area contributed by atoms with Crippen LogP contribution in [0, 0.1) is 5.92 Å². The Morgan fingerprint density at radius 3 is 2.78 bits per heavy atom. The lowest BCUT2D eigenvalue weighted by atomic mass is 10.1. The van der Waals surface area contributed by atoms with Crippen molar-refractivity contribution in [2.24, 2.45) is 5.92 Å². The molecule has 0 saturated carbocycles. The molecule has 0 aromatic heterocycles. The molecule has 0 spiro atoms. The molecule has 4 heteroatoms. The molecule has 2 unspecified atom stereocenters. The predicted molar refractivity (Wildman–Crippen MR) is 43.1 cm³/mol. The molecule has 0 aliphatic heterocycles. The molecule has 1 amide bonds. The van der Waals surface area contributed by atoms with E-state index < -0.39 is 0 Å². The Balaban J connectivity index is 3.46. The summed E-state index contributed by atoms with van der Waals surface area (Å²) < 4.78 is 0. The maximum atomic E-state index is 10.8. The van der Waals surface area contributed by atoms with E-state index in [9.17, 15) is 4.79 Å². The van der Waals surface area contributed by atoms with Gasteiger partial charge in [-0.15, -0.1) is 0 Å². The van der Waals surface area contributed by atoms with Gasteiger partial charge >= 0.3 is 0 Å². The Hall–Kier alpha value is -0.0351. The smallest absolute Gasteiger partial charge is 0.273 e. The lowest BCUT2D eigenvalue weighted by Crippen LogP contribution is -2.29. The zero-order valence-corrected chi connectivity index (χ0v) is 7.00. The van der Waals surface area contributed by atoms with E-state index in [1.54, 1.807) is 7.13 Å². The molecule has 0 aromatic carbocycles. The number of nitrogens with one attached hydrogen (secondary N) is 1. The van der Waals surface area contributed by atoms with Crippen molar-refractivity contribution in [3.05, 3.63) is 0 Å². The minimum absolute atomic E-state index is 0.0903. The first-order chi connectivity index (χ1) is 4.22. The van der Waals surface area contributed by atoms with Crippen molar-refractivity contribution in [2.45, 2.75) is 20.3 Å². The van der Waals surface area contributed by atoms with E-state index in [1.165, 1.54) is 0 Å². The second-order valence-corrected chi connectivity index (χ2v) is 2.32. The predicted octanol–water partition coefficient (Wildman–Crippen LogP) is 0.558. The molecule has 0 aliphatic rings. The van der Waals surface area contributed by atoms with Gasteiger partial charge in [0.25, 0.3) is 7.13 Å². The van der Waals surface area contributed by atoms with Crippen LogP contribution < -0.4 is 5.23 Å². The van der Waals surface area contributed by atoms with Crippen LogP contribution in [0.2, 0.25) is 0 Å². The first-order valence-corrected chi connectivity index (χ1v) is 3.72. The molecule has 9 heavy (non-hydrogen) atoms. The van der Waals surface area contributed by atoms with Crippen LogP contribution in [0.25, 0.3) is 0 Å². The van der Waals surface area contributed by atoms with Crippen LogP contribution in [0.3, 0.4) is 0 Å². The van der Waals surface area contributed by atoms with E-state index >= 15 is 0 Å². The summed E-state index contributed by atoms with van der Waals surface area (Å²) in [5.74, 6) is 0.217. The Bertz CT molecular complexity index is 99.0. The second-order valence-electron chi connectivity index (χ2n) is 1.98. The first kappa shape index (κ1) is 8.96. The van der Waals surface area contributed by atoms with Gasteiger partial charge in [-0.2, -0.15) is 9.12 Å². The van der Waals surface area contributed by atoms with E-state index in [2.05, 4.69) is 14.3 Å². The van der Waals surface area contributed by atoms with E-state index in [0.717, 1.165) is 6.42 Å². The van der Waals surface area contributed by atoms with Crippen LogP contribution in [-0.2, 0) is 4.79 Å². The van der Waals surface area contributed by atoms with Gasteiger partial charge in [0.1, 0.15) is 0 Å². The molecular formula is C5H12BNOP. The van der Waals surface area contributed by atoms with E-state index in [-0.39, 0.29) is 11.8 Å². The summed E-state index contributed by atoms with van der Waals surface area (Å²) in [5.41, 5.74) is 0. The largest absolute Gasteiger partial charge is 0.399 e. The highest BCUT2D eigenvalue weighted by Crippen LogP contribution is 1.98. The summed E-state index contributed by atoms with van der Waals surface area (Å²) in [6.45, 7) is 3.90. The summed E-state index contributed by atoms with van der Waals surface area (Å²) in [5, 5.41) is 2.60. The zero-order valence-electron chi connectivity index (χ0n) is 5.85. The fourth-order valence-corrected chi connectivity index (χ4v) is 0.574. The third-order valence-electron chi connectivity index (χ3n) is 1.29. The van der Waals surface area contributed by atoms with Gasteiger partial charge in [0.15, 0.2) is 0 Å². The Kier molecular flexibility index (Phi) is 4.79. The van der Waals surface area contributed by atoms with Crippen molar-refractivity contribution in [3.63, 3.8) is 0 Å². The molecule has 1 N–H and O–H groups in total. The number of hydrogen-bond donors (Lipinski definition) is 1. The van der Waals surface area contributed by atoms with Crippen LogP contribution in [0.1, 0.15) is 20.3 Å². The van der Waals surface area contributed by atoms with Crippen LogP contribution in [0.5, 0.6) is 0 Å². The fourth-order valence-electron chi connectivity index (χ4n) is 0.410. The minimum Gasteiger partial charge on any atom is -0.399 e. The van der Waals surface area contributed by atoms with Crippen molar-refractivity contribution in [1.82, 2.24) is 5.23 Å². The lowest BCUT2D eigenvalue weighted by molar-refractivity contribution is -0.122. The van der Waals surface area contributed by atoms with Gasteiger partial charge in [0.2, 0.25) is 5.91 Å². The summed E-state index contributed by atoms with van der Waals surface area (Å²) in [6.07, 6.45) is 0.893. The Morgan fingerprint density at radius 2 is 2.44 bits per heavy atom. The van der Waals surface area contributed by atoms with Crippen molar-refractivity contribution in [1.29, 1.82) is 0 Å². The summed E-state index contributed by atoms with van der Waals surface area (Å²) in [6, 6.07) is 0. The van der Waals surface area contributed by atoms with Gasteiger partial charge < -0.3 is 5.23 Å². The topological polar surface area (TPSA) is 29.1 Å². The van der Waals surface area contributed by atoms with Crippen molar-refractivity contribution in [3.8, 4) is 0 Å². The lowest BCUT2D eigenvalue weighted by Gasteiger charge is -2.05. The van der Waals surface area contributed by atoms with Crippen molar-refractivity contribution in [2.75, 3.05) is 0 Å². The molecule has 0 saturated heterocycles. The zero-order chi connectivity index (χ0) is 7.28. The number of hydrogen-bond acceptors (Lipinski definition) is 1. The molecular weight excluding hydrogens is 132 g/mol. The van der Waals surface area contributed by atoms with Gasteiger partial charge in [-0.05, 0) is 6.42 Å². The van der Waals surface area contributed by atoms with Crippen LogP contribution in [-0.4, -0.2) is 13.0 Å². The molecule has 0 aromatic rings. The van der Waals surface area contributed by atoms with Crippen LogP contribution in [0.4, 0.5) is 0 Å². The Labute approximate surface area is 59.2 Å². The van der Waals surface area contributed by atoms with E-state index in [4.69, 9.17) is 0 Å². The van der Waals surface area contributed by atoms with Gasteiger partial charge in [0, 0.05) is 5.92 Å². The van der Waals surface area contributed by atoms with E-state index in [0.29, 0.717) is 0 Å². The molecule has 0 fully saturated rings. The van der Waals surface area contributed by atoms with Crippen molar-refractivity contribution < 1.29 is 4.79 Å². The molecule has 51 valence electrons. The molecule has 0 bridgehead atoms. The third kappa shape index (κ3) is 3.53. The maximum Gasteiger partial charge on any atom is 0.273 e. The highest BCUT2D eigenvalue weighted by molar-refractivity contribution is 7.55. The molecule has 0 aliphatic carbocycles. The van der Waals surface area contributed by atoms with Gasteiger partial charge in [-0.1, -0.05) is 13.8 Å². The monoisotopic (exact) mass is 144 g/mol. The molecule has 1 radical (unpaired) electrons. The SMILES string of the molecule is CCC(C)C(=O)N[B]P. The molecule has 2 atom stereocenters. The average molecular weight is 144 g/mol. The third-order valence-corrected chi connectivity index (χ3v) is 1.45. The van der Waals surface area contributed by atoms with Crippen LogP contribution >= 0.6 is 9.12 Å². The summed E-state index contributed by atoms with van der Waals surface area (Å²) >= 11 is 0. The van der Waals surface area contributed by atoms with Gasteiger partial charge in [-0.25, -0.2) is 0 Å². The highest BCUT2D eigenvalue weighted by Gasteiger charge is 2.07. The molecule has 2 nitrogen and oxygen atoms in total. The number of amides is 1. The minimum atomic E-state index is 0.0903. The summed E-state index contributed by atoms with van der Waals surface area (Å²) in [7, 11) is 3.91. The number of carbonyl (C=O) groups excluding carboxylic acids is 1. The van der Waals surface area contributed by atoms with Gasteiger partial charge in [0.05, 0.1) is 0 Å². The maximum absolute atomic E-state index is 10.8. The van der Waals surface area contributed by atoms with Gasteiger partial charge in [-0.3, -0.25) is 4.79 Å². The van der Waals surface area contributed by atoms with Crippen molar-refractivity contribution >= 4 is 22.2 Å². The quantitative estimate of drug-likeness (QED) is 0.455. The number of rotatable bonds is 3. The normalized spacial score (nSPS) is 12.3. The molecule has 0 heterocycles. The first-order valence-electron chi connectivity index (χ1n) is 3.06. The standard InChI is InChI=1S/C5H12BNOP/c1-3-4(2)5(8)7-6-9/h4H,3,9H2,1-2H3,(H,7,8). The van der Waals surface area contributed by atoms with E-state index in [1.807, 2.05) is 13.8 Å². The second kappa shape index (κ2) is 4.81. The average Bonchev–Trinajstić information content (AvgIpc) is 1.87. The summed E-state index contributed by atoms with van der Waals surface area (Å²) in [4.78, 5) is 10.8. The van der Waals surface area contributed by atoms with Crippen LogP contribution in [0.15, 0.2) is 0 Å². The highest BCUT2D eigenvalue weighted by atomic mass is 31.0. The fraction of sp³-hybridized carbons (Fsp3) is 0.800.